The predicted molar refractivity (Wildman–Crippen MR) is 58.7 cm³/mol. The van der Waals surface area contributed by atoms with Gasteiger partial charge in [-0.1, -0.05) is 45.9 Å². The Hall–Kier alpha value is -0.980. The first-order valence-corrected chi connectivity index (χ1v) is 4.77. The molecule has 0 radical (unpaired) electrons. The van der Waals surface area contributed by atoms with Crippen molar-refractivity contribution in [3.63, 3.8) is 0 Å². The number of nitrogen functional groups attached to an aromatic ring is 1. The van der Waals surface area contributed by atoms with Crippen LogP contribution in [0.5, 0.6) is 0 Å². The molecule has 2 N–H and O–H groups in total. The summed E-state index contributed by atoms with van der Waals surface area (Å²) in [6, 6.07) is 8.12. The SMILES string of the molecule is CC(c1ccccc1N)C(C)(C)C. The highest BCUT2D eigenvalue weighted by molar-refractivity contribution is 5.48. The average molecular weight is 177 g/mol. The third-order valence-corrected chi connectivity index (χ3v) is 2.76. The summed E-state index contributed by atoms with van der Waals surface area (Å²) in [5.41, 5.74) is 8.36. The van der Waals surface area contributed by atoms with Crippen LogP contribution in [-0.4, -0.2) is 0 Å². The normalized spacial score (nSPS) is 14.2. The summed E-state index contributed by atoms with van der Waals surface area (Å²) in [4.78, 5) is 0. The van der Waals surface area contributed by atoms with Gasteiger partial charge >= 0.3 is 0 Å². The van der Waals surface area contributed by atoms with Gasteiger partial charge in [0, 0.05) is 5.69 Å². The minimum Gasteiger partial charge on any atom is -0.398 e. The lowest BCUT2D eigenvalue weighted by atomic mass is 9.77. The summed E-state index contributed by atoms with van der Waals surface area (Å²) in [6.07, 6.45) is 0. The molecule has 0 spiro atoms. The molecule has 13 heavy (non-hydrogen) atoms. The van der Waals surface area contributed by atoms with Crippen molar-refractivity contribution in [3.05, 3.63) is 29.8 Å². The van der Waals surface area contributed by atoms with E-state index in [1.165, 1.54) is 5.56 Å². The zero-order valence-corrected chi connectivity index (χ0v) is 8.96. The zero-order valence-electron chi connectivity index (χ0n) is 8.96. The number of para-hydroxylation sites is 1. The van der Waals surface area contributed by atoms with Gasteiger partial charge in [-0.3, -0.25) is 0 Å². The third kappa shape index (κ3) is 2.24. The highest BCUT2D eigenvalue weighted by Gasteiger charge is 2.22. The van der Waals surface area contributed by atoms with Crippen molar-refractivity contribution in [1.82, 2.24) is 0 Å². The van der Waals surface area contributed by atoms with E-state index >= 15 is 0 Å². The van der Waals surface area contributed by atoms with Crippen molar-refractivity contribution in [2.75, 3.05) is 5.73 Å². The Morgan fingerprint density at radius 2 is 1.69 bits per heavy atom. The van der Waals surface area contributed by atoms with E-state index in [2.05, 4.69) is 33.8 Å². The van der Waals surface area contributed by atoms with Gasteiger partial charge in [0.05, 0.1) is 0 Å². The Labute approximate surface area is 81.0 Å². The summed E-state index contributed by atoms with van der Waals surface area (Å²) >= 11 is 0. The average Bonchev–Trinajstić information content (AvgIpc) is 2.02. The summed E-state index contributed by atoms with van der Waals surface area (Å²) in [5.74, 6) is 0.494. The van der Waals surface area contributed by atoms with Gasteiger partial charge in [0.15, 0.2) is 0 Å². The fourth-order valence-electron chi connectivity index (χ4n) is 1.37. The molecule has 1 heteroatoms. The van der Waals surface area contributed by atoms with Crippen molar-refractivity contribution in [3.8, 4) is 0 Å². The Balaban J connectivity index is 3.02. The van der Waals surface area contributed by atoms with Crippen molar-refractivity contribution < 1.29 is 0 Å². The van der Waals surface area contributed by atoms with Crippen LogP contribution < -0.4 is 5.73 Å². The lowest BCUT2D eigenvalue weighted by Gasteiger charge is -2.28. The van der Waals surface area contributed by atoms with Crippen LogP contribution >= 0.6 is 0 Å². The second kappa shape index (κ2) is 3.41. The van der Waals surface area contributed by atoms with E-state index in [0.29, 0.717) is 5.92 Å². The van der Waals surface area contributed by atoms with Gasteiger partial charge in [0.25, 0.3) is 0 Å². The van der Waals surface area contributed by atoms with Gasteiger partial charge in [0.1, 0.15) is 0 Å². The predicted octanol–water partition coefficient (Wildman–Crippen LogP) is 3.42. The molecule has 1 aromatic rings. The van der Waals surface area contributed by atoms with Gasteiger partial charge in [-0.05, 0) is 23.0 Å². The second-order valence-electron chi connectivity index (χ2n) is 4.72. The van der Waals surface area contributed by atoms with Crippen LogP contribution in [0.1, 0.15) is 39.2 Å². The maximum Gasteiger partial charge on any atom is 0.0349 e. The number of benzene rings is 1. The Bertz CT molecular complexity index is 283. The van der Waals surface area contributed by atoms with Crippen molar-refractivity contribution >= 4 is 5.69 Å². The highest BCUT2D eigenvalue weighted by Crippen LogP contribution is 2.36. The van der Waals surface area contributed by atoms with Crippen molar-refractivity contribution in [1.29, 1.82) is 0 Å². The van der Waals surface area contributed by atoms with Crippen molar-refractivity contribution in [2.24, 2.45) is 5.41 Å². The van der Waals surface area contributed by atoms with Gasteiger partial charge in [-0.25, -0.2) is 0 Å². The molecule has 1 aromatic carbocycles. The van der Waals surface area contributed by atoms with Crippen molar-refractivity contribution in [2.45, 2.75) is 33.6 Å². The molecule has 0 fully saturated rings. The minimum absolute atomic E-state index is 0.273. The maximum atomic E-state index is 5.92. The van der Waals surface area contributed by atoms with E-state index in [4.69, 9.17) is 5.73 Å². The molecule has 1 rings (SSSR count). The van der Waals surface area contributed by atoms with Gasteiger partial charge in [0.2, 0.25) is 0 Å². The molecule has 0 aliphatic heterocycles. The summed E-state index contributed by atoms with van der Waals surface area (Å²) < 4.78 is 0. The Morgan fingerprint density at radius 3 is 2.15 bits per heavy atom. The molecule has 0 heterocycles. The quantitative estimate of drug-likeness (QED) is 0.653. The van der Waals surface area contributed by atoms with Crippen LogP contribution in [0.15, 0.2) is 24.3 Å². The lowest BCUT2D eigenvalue weighted by Crippen LogP contribution is -2.16. The lowest BCUT2D eigenvalue weighted by molar-refractivity contribution is 0.340. The monoisotopic (exact) mass is 177 g/mol. The van der Waals surface area contributed by atoms with Gasteiger partial charge < -0.3 is 5.73 Å². The smallest absolute Gasteiger partial charge is 0.0349 e. The van der Waals surface area contributed by atoms with E-state index in [9.17, 15) is 0 Å². The van der Waals surface area contributed by atoms with E-state index in [1.54, 1.807) is 0 Å². The van der Waals surface area contributed by atoms with Gasteiger partial charge in [-0.15, -0.1) is 0 Å². The summed E-state index contributed by atoms with van der Waals surface area (Å²) in [5, 5.41) is 0. The minimum atomic E-state index is 0.273. The van der Waals surface area contributed by atoms with E-state index in [0.717, 1.165) is 5.69 Å². The molecule has 0 aromatic heterocycles. The summed E-state index contributed by atoms with van der Waals surface area (Å²) in [6.45, 7) is 8.95. The van der Waals surface area contributed by atoms with Crippen LogP contribution in [0.4, 0.5) is 5.69 Å². The largest absolute Gasteiger partial charge is 0.398 e. The zero-order chi connectivity index (χ0) is 10.1. The number of hydrogen-bond acceptors (Lipinski definition) is 1. The molecular formula is C12H19N. The number of rotatable bonds is 1. The fourth-order valence-corrected chi connectivity index (χ4v) is 1.37. The number of anilines is 1. The second-order valence-corrected chi connectivity index (χ2v) is 4.72. The molecule has 0 amide bonds. The molecule has 1 nitrogen and oxygen atoms in total. The Kier molecular flexibility index (Phi) is 2.65. The molecule has 0 saturated carbocycles. The number of nitrogens with two attached hydrogens (primary N) is 1. The molecule has 0 saturated heterocycles. The maximum absolute atomic E-state index is 5.92. The van der Waals surface area contributed by atoms with Gasteiger partial charge in [-0.2, -0.15) is 0 Å². The first-order valence-electron chi connectivity index (χ1n) is 4.77. The molecule has 1 atom stereocenters. The first-order chi connectivity index (χ1) is 5.93. The Morgan fingerprint density at radius 1 is 1.15 bits per heavy atom. The summed E-state index contributed by atoms with van der Waals surface area (Å²) in [7, 11) is 0. The van der Waals surface area contributed by atoms with Crippen LogP contribution in [0.25, 0.3) is 0 Å². The van der Waals surface area contributed by atoms with E-state index in [1.807, 2.05) is 18.2 Å². The van der Waals surface area contributed by atoms with Crippen LogP contribution in [-0.2, 0) is 0 Å². The fraction of sp³-hybridized carbons (Fsp3) is 0.500. The third-order valence-electron chi connectivity index (χ3n) is 2.76. The molecule has 0 bridgehead atoms. The standard InChI is InChI=1S/C12H19N/c1-9(12(2,3)4)10-7-5-6-8-11(10)13/h5-9H,13H2,1-4H3. The number of hydrogen-bond donors (Lipinski definition) is 1. The molecular weight excluding hydrogens is 158 g/mol. The van der Waals surface area contributed by atoms with E-state index < -0.39 is 0 Å². The molecule has 1 unspecified atom stereocenters. The van der Waals surface area contributed by atoms with Crippen LogP contribution in [0, 0.1) is 5.41 Å². The molecule has 0 aliphatic carbocycles. The van der Waals surface area contributed by atoms with Crippen LogP contribution in [0.3, 0.4) is 0 Å². The van der Waals surface area contributed by atoms with E-state index in [-0.39, 0.29) is 5.41 Å². The van der Waals surface area contributed by atoms with Crippen LogP contribution in [0.2, 0.25) is 0 Å². The molecule has 0 aliphatic rings. The highest BCUT2D eigenvalue weighted by atomic mass is 14.6. The first kappa shape index (κ1) is 10.1. The molecule has 72 valence electrons. The topological polar surface area (TPSA) is 26.0 Å².